The highest BCUT2D eigenvalue weighted by Gasteiger charge is 2.20. The molecule has 0 N–H and O–H groups in total. The summed E-state index contributed by atoms with van der Waals surface area (Å²) in [6.45, 7) is 2.62. The maximum absolute atomic E-state index is 5.42. The molecule has 0 saturated carbocycles. The summed E-state index contributed by atoms with van der Waals surface area (Å²) < 4.78 is 10.7. The van der Waals surface area contributed by atoms with Crippen molar-refractivity contribution in [3.05, 3.63) is 18.2 Å². The molecule has 0 aromatic heterocycles. The molecule has 17 heavy (non-hydrogen) atoms. The lowest BCUT2D eigenvalue weighted by molar-refractivity contribution is 0.174. The number of ether oxygens (including phenoxy) is 2. The van der Waals surface area contributed by atoms with Gasteiger partial charge in [0.2, 0.25) is 6.79 Å². The van der Waals surface area contributed by atoms with Gasteiger partial charge in [0, 0.05) is 30.2 Å². The molecule has 0 aliphatic carbocycles. The molecule has 3 rings (SSSR count). The van der Waals surface area contributed by atoms with E-state index in [0.29, 0.717) is 6.79 Å². The molecule has 92 valence electrons. The van der Waals surface area contributed by atoms with Crippen LogP contribution >= 0.6 is 15.9 Å². The Morgan fingerprint density at radius 2 is 1.94 bits per heavy atom. The average molecular weight is 298 g/mol. The highest BCUT2D eigenvalue weighted by atomic mass is 79.9. The van der Waals surface area contributed by atoms with Gasteiger partial charge in [-0.3, -0.25) is 0 Å². The standard InChI is InChI=1S/C13H16BrNO2/c14-8-10-3-5-15(6-4-10)11-1-2-12-13(7-11)17-9-16-12/h1-2,7,10H,3-6,8-9H2. The van der Waals surface area contributed by atoms with Gasteiger partial charge in [0.05, 0.1) is 0 Å². The van der Waals surface area contributed by atoms with E-state index in [0.717, 1.165) is 35.8 Å². The first-order valence-corrected chi connectivity index (χ1v) is 7.19. The molecule has 2 aliphatic heterocycles. The summed E-state index contributed by atoms with van der Waals surface area (Å²) in [5.74, 6) is 2.58. The molecule has 1 saturated heterocycles. The lowest BCUT2D eigenvalue weighted by atomic mass is 9.99. The second kappa shape index (κ2) is 4.77. The third-order valence-electron chi connectivity index (χ3n) is 3.55. The van der Waals surface area contributed by atoms with Crippen LogP contribution in [0, 0.1) is 5.92 Å². The van der Waals surface area contributed by atoms with E-state index in [1.54, 1.807) is 0 Å². The average Bonchev–Trinajstić information content (AvgIpc) is 2.86. The van der Waals surface area contributed by atoms with Gasteiger partial charge in [-0.1, -0.05) is 15.9 Å². The first-order chi connectivity index (χ1) is 8.36. The van der Waals surface area contributed by atoms with Crippen LogP contribution in [0.4, 0.5) is 5.69 Å². The summed E-state index contributed by atoms with van der Waals surface area (Å²) >= 11 is 3.57. The fraction of sp³-hybridized carbons (Fsp3) is 0.538. The molecule has 2 aliphatic rings. The maximum Gasteiger partial charge on any atom is 0.231 e. The Morgan fingerprint density at radius 1 is 1.18 bits per heavy atom. The minimum Gasteiger partial charge on any atom is -0.454 e. The van der Waals surface area contributed by atoms with E-state index >= 15 is 0 Å². The highest BCUT2D eigenvalue weighted by molar-refractivity contribution is 9.09. The maximum atomic E-state index is 5.42. The van der Waals surface area contributed by atoms with Crippen LogP contribution in [0.25, 0.3) is 0 Å². The van der Waals surface area contributed by atoms with Crippen LogP contribution in [0.3, 0.4) is 0 Å². The van der Waals surface area contributed by atoms with Crippen molar-refractivity contribution in [1.29, 1.82) is 0 Å². The van der Waals surface area contributed by atoms with E-state index in [1.807, 2.05) is 6.07 Å². The van der Waals surface area contributed by atoms with E-state index in [1.165, 1.54) is 18.5 Å². The molecule has 2 heterocycles. The third-order valence-corrected chi connectivity index (χ3v) is 4.47. The van der Waals surface area contributed by atoms with Gasteiger partial charge >= 0.3 is 0 Å². The fourth-order valence-electron chi connectivity index (χ4n) is 2.43. The second-order valence-electron chi connectivity index (χ2n) is 4.62. The predicted octanol–water partition coefficient (Wildman–Crippen LogP) is 3.03. The molecule has 1 fully saturated rings. The monoisotopic (exact) mass is 297 g/mol. The minimum absolute atomic E-state index is 0.352. The number of rotatable bonds is 2. The lowest BCUT2D eigenvalue weighted by Gasteiger charge is -2.33. The number of benzene rings is 1. The normalized spacial score (nSPS) is 19.7. The Balaban J connectivity index is 1.72. The van der Waals surface area contributed by atoms with E-state index in [-0.39, 0.29) is 0 Å². The molecular formula is C13H16BrNO2. The van der Waals surface area contributed by atoms with Crippen LogP contribution < -0.4 is 14.4 Å². The number of halogens is 1. The first-order valence-electron chi connectivity index (χ1n) is 6.07. The van der Waals surface area contributed by atoms with E-state index in [9.17, 15) is 0 Å². The summed E-state index contributed by atoms with van der Waals surface area (Å²) in [4.78, 5) is 2.43. The molecule has 4 heteroatoms. The van der Waals surface area contributed by atoms with Crippen LogP contribution in [0.5, 0.6) is 11.5 Å². The molecule has 0 atom stereocenters. The number of nitrogens with zero attached hydrogens (tertiary/aromatic N) is 1. The number of fused-ring (bicyclic) bond motifs is 1. The number of anilines is 1. The van der Waals surface area contributed by atoms with Crippen molar-refractivity contribution in [3.63, 3.8) is 0 Å². The van der Waals surface area contributed by atoms with Crippen molar-refractivity contribution >= 4 is 21.6 Å². The minimum atomic E-state index is 0.352. The third kappa shape index (κ3) is 2.23. The summed E-state index contributed by atoms with van der Waals surface area (Å²) in [6.07, 6.45) is 2.53. The molecule has 0 amide bonds. The Hall–Kier alpha value is -0.900. The SMILES string of the molecule is BrCC1CCN(c2ccc3c(c2)OCO3)CC1. The summed E-state index contributed by atoms with van der Waals surface area (Å²) in [5.41, 5.74) is 1.25. The molecule has 0 unspecified atom stereocenters. The van der Waals surface area contributed by atoms with Gasteiger partial charge in [-0.05, 0) is 30.9 Å². The number of hydrogen-bond donors (Lipinski definition) is 0. The molecule has 0 spiro atoms. The van der Waals surface area contributed by atoms with E-state index in [2.05, 4.69) is 33.0 Å². The number of alkyl halides is 1. The Kier molecular flexibility index (Phi) is 3.14. The van der Waals surface area contributed by atoms with Crippen molar-refractivity contribution in [2.75, 3.05) is 30.1 Å². The van der Waals surface area contributed by atoms with Gasteiger partial charge in [-0.2, -0.15) is 0 Å². The Bertz CT molecular complexity index is 402. The number of piperidine rings is 1. The first kappa shape index (κ1) is 11.2. The molecule has 0 bridgehead atoms. The topological polar surface area (TPSA) is 21.7 Å². The molecule has 0 radical (unpaired) electrons. The Labute approximate surface area is 110 Å². The molecule has 1 aromatic rings. The largest absolute Gasteiger partial charge is 0.454 e. The van der Waals surface area contributed by atoms with Crippen LogP contribution in [0.15, 0.2) is 18.2 Å². The number of hydrogen-bond acceptors (Lipinski definition) is 3. The fourth-order valence-corrected chi connectivity index (χ4v) is 3.07. The van der Waals surface area contributed by atoms with Gasteiger partial charge in [0.1, 0.15) is 0 Å². The summed E-state index contributed by atoms with van der Waals surface area (Å²) in [5, 5.41) is 1.13. The smallest absolute Gasteiger partial charge is 0.231 e. The van der Waals surface area contributed by atoms with Crippen molar-refractivity contribution in [3.8, 4) is 11.5 Å². The zero-order valence-corrected chi connectivity index (χ0v) is 11.3. The zero-order chi connectivity index (χ0) is 11.7. The quantitative estimate of drug-likeness (QED) is 0.783. The van der Waals surface area contributed by atoms with Gasteiger partial charge in [0.25, 0.3) is 0 Å². The molecular weight excluding hydrogens is 282 g/mol. The van der Waals surface area contributed by atoms with Crippen LogP contribution in [-0.2, 0) is 0 Å². The molecule has 3 nitrogen and oxygen atoms in total. The van der Waals surface area contributed by atoms with Crippen molar-refractivity contribution in [1.82, 2.24) is 0 Å². The highest BCUT2D eigenvalue weighted by Crippen LogP contribution is 2.36. The van der Waals surface area contributed by atoms with Crippen LogP contribution in [0.1, 0.15) is 12.8 Å². The van der Waals surface area contributed by atoms with Crippen molar-refractivity contribution < 1.29 is 9.47 Å². The van der Waals surface area contributed by atoms with Crippen molar-refractivity contribution in [2.45, 2.75) is 12.8 Å². The second-order valence-corrected chi connectivity index (χ2v) is 5.27. The summed E-state index contributed by atoms with van der Waals surface area (Å²) in [7, 11) is 0. The van der Waals surface area contributed by atoms with Crippen LogP contribution in [0.2, 0.25) is 0 Å². The van der Waals surface area contributed by atoms with Crippen molar-refractivity contribution in [2.24, 2.45) is 5.92 Å². The van der Waals surface area contributed by atoms with Crippen LogP contribution in [-0.4, -0.2) is 25.2 Å². The van der Waals surface area contributed by atoms with Gasteiger partial charge in [-0.25, -0.2) is 0 Å². The van der Waals surface area contributed by atoms with Gasteiger partial charge < -0.3 is 14.4 Å². The zero-order valence-electron chi connectivity index (χ0n) is 9.69. The van der Waals surface area contributed by atoms with Gasteiger partial charge in [-0.15, -0.1) is 0 Å². The Morgan fingerprint density at radius 3 is 2.71 bits per heavy atom. The molecule has 1 aromatic carbocycles. The van der Waals surface area contributed by atoms with Gasteiger partial charge in [0.15, 0.2) is 11.5 Å². The summed E-state index contributed by atoms with van der Waals surface area (Å²) in [6, 6.07) is 6.23. The van der Waals surface area contributed by atoms with E-state index in [4.69, 9.17) is 9.47 Å². The lowest BCUT2D eigenvalue weighted by Crippen LogP contribution is -2.34. The predicted molar refractivity (Wildman–Crippen MR) is 71.3 cm³/mol. The van der Waals surface area contributed by atoms with E-state index < -0.39 is 0 Å².